The van der Waals surface area contributed by atoms with Gasteiger partial charge in [0.05, 0.1) is 12.9 Å². The van der Waals surface area contributed by atoms with Gasteiger partial charge in [0.1, 0.15) is 15.8 Å². The number of nitrogens with zero attached hydrogens (tertiary/aromatic N) is 2. The minimum Gasteiger partial charge on any atom is -0.469 e. The van der Waals surface area contributed by atoms with E-state index in [4.69, 9.17) is 9.15 Å². The predicted octanol–water partition coefficient (Wildman–Crippen LogP) is 2.08. The van der Waals surface area contributed by atoms with Crippen molar-refractivity contribution in [1.29, 1.82) is 0 Å². The number of aryl methyl sites for hydroxylation is 3. The van der Waals surface area contributed by atoms with Gasteiger partial charge in [-0.15, -0.1) is 21.5 Å². The fraction of sp³-hybridized carbons (Fsp3) is 0.571. The summed E-state index contributed by atoms with van der Waals surface area (Å²) >= 11 is 1.71. The van der Waals surface area contributed by atoms with Crippen molar-refractivity contribution in [3.8, 4) is 0 Å². The minimum atomic E-state index is 0.760. The summed E-state index contributed by atoms with van der Waals surface area (Å²) in [5, 5.41) is 14.0. The third kappa shape index (κ3) is 5.40. The van der Waals surface area contributed by atoms with Crippen LogP contribution in [0, 0.1) is 0 Å². The van der Waals surface area contributed by atoms with Crippen LogP contribution >= 0.6 is 11.3 Å². The SMILES string of the molecule is COCCNCCCc1nnc(CCc2ccco2)s1. The summed E-state index contributed by atoms with van der Waals surface area (Å²) in [5.41, 5.74) is 0. The van der Waals surface area contributed by atoms with Gasteiger partial charge in [-0.1, -0.05) is 0 Å². The Bertz CT molecular complexity index is 470. The van der Waals surface area contributed by atoms with Gasteiger partial charge >= 0.3 is 0 Å². The highest BCUT2D eigenvalue weighted by Crippen LogP contribution is 2.14. The van der Waals surface area contributed by atoms with Crippen LogP contribution < -0.4 is 5.32 Å². The zero-order valence-electron chi connectivity index (χ0n) is 11.8. The predicted molar refractivity (Wildman–Crippen MR) is 79.1 cm³/mol. The normalized spacial score (nSPS) is 11.1. The van der Waals surface area contributed by atoms with Gasteiger partial charge in [0.25, 0.3) is 0 Å². The second-order valence-electron chi connectivity index (χ2n) is 4.52. The third-order valence-corrected chi connectivity index (χ3v) is 3.94. The summed E-state index contributed by atoms with van der Waals surface area (Å²) in [5.74, 6) is 1.00. The molecule has 2 aromatic heterocycles. The largest absolute Gasteiger partial charge is 0.469 e. The fourth-order valence-corrected chi connectivity index (χ4v) is 2.73. The lowest BCUT2D eigenvalue weighted by Gasteiger charge is -2.01. The van der Waals surface area contributed by atoms with Gasteiger partial charge in [0, 0.05) is 32.9 Å². The van der Waals surface area contributed by atoms with Crippen molar-refractivity contribution in [1.82, 2.24) is 15.5 Å². The second kappa shape index (κ2) is 8.84. The monoisotopic (exact) mass is 295 g/mol. The molecule has 0 atom stereocenters. The van der Waals surface area contributed by atoms with Crippen LogP contribution in [-0.4, -0.2) is 37.0 Å². The van der Waals surface area contributed by atoms with E-state index in [0.29, 0.717) is 0 Å². The molecule has 0 fully saturated rings. The Labute approximate surface area is 123 Å². The Morgan fingerprint density at radius 1 is 1.20 bits per heavy atom. The van der Waals surface area contributed by atoms with Gasteiger partial charge in [0.15, 0.2) is 0 Å². The molecule has 0 unspecified atom stereocenters. The van der Waals surface area contributed by atoms with Crippen molar-refractivity contribution in [3.63, 3.8) is 0 Å². The van der Waals surface area contributed by atoms with E-state index in [1.165, 1.54) is 0 Å². The molecule has 0 aromatic carbocycles. The van der Waals surface area contributed by atoms with E-state index in [1.54, 1.807) is 24.7 Å². The molecule has 0 aliphatic rings. The Morgan fingerprint density at radius 2 is 2.05 bits per heavy atom. The zero-order chi connectivity index (χ0) is 14.0. The summed E-state index contributed by atoms with van der Waals surface area (Å²) < 4.78 is 10.3. The molecule has 20 heavy (non-hydrogen) atoms. The van der Waals surface area contributed by atoms with E-state index in [2.05, 4.69) is 15.5 Å². The maximum atomic E-state index is 5.31. The van der Waals surface area contributed by atoms with Crippen LogP contribution in [0.2, 0.25) is 0 Å². The van der Waals surface area contributed by atoms with E-state index >= 15 is 0 Å². The first-order chi connectivity index (χ1) is 9.88. The highest BCUT2D eigenvalue weighted by Gasteiger charge is 2.05. The maximum absolute atomic E-state index is 5.31. The Balaban J connectivity index is 1.62. The molecule has 0 radical (unpaired) electrons. The average molecular weight is 295 g/mol. The molecule has 5 nitrogen and oxygen atoms in total. The molecule has 2 rings (SSSR count). The fourth-order valence-electron chi connectivity index (χ4n) is 1.84. The van der Waals surface area contributed by atoms with E-state index in [0.717, 1.165) is 61.2 Å². The maximum Gasteiger partial charge on any atom is 0.117 e. The third-order valence-electron chi connectivity index (χ3n) is 2.90. The molecule has 0 saturated heterocycles. The molecule has 0 saturated carbocycles. The number of aromatic nitrogens is 2. The number of ether oxygens (including phenoxy) is 1. The van der Waals surface area contributed by atoms with E-state index < -0.39 is 0 Å². The van der Waals surface area contributed by atoms with Gasteiger partial charge in [-0.05, 0) is 25.1 Å². The molecule has 110 valence electrons. The van der Waals surface area contributed by atoms with E-state index in [-0.39, 0.29) is 0 Å². The van der Waals surface area contributed by atoms with Gasteiger partial charge in [0.2, 0.25) is 0 Å². The van der Waals surface area contributed by atoms with Crippen molar-refractivity contribution in [2.24, 2.45) is 0 Å². The zero-order valence-corrected chi connectivity index (χ0v) is 12.6. The molecule has 0 amide bonds. The lowest BCUT2D eigenvalue weighted by atomic mass is 10.2. The smallest absolute Gasteiger partial charge is 0.117 e. The van der Waals surface area contributed by atoms with E-state index in [1.807, 2.05) is 12.1 Å². The van der Waals surface area contributed by atoms with Gasteiger partial charge < -0.3 is 14.5 Å². The van der Waals surface area contributed by atoms with Crippen molar-refractivity contribution < 1.29 is 9.15 Å². The second-order valence-corrected chi connectivity index (χ2v) is 5.66. The minimum absolute atomic E-state index is 0.760. The Kier molecular flexibility index (Phi) is 6.70. The van der Waals surface area contributed by atoms with Crippen LogP contribution in [-0.2, 0) is 24.0 Å². The summed E-state index contributed by atoms with van der Waals surface area (Å²) in [6.07, 6.45) is 5.56. The number of methoxy groups -OCH3 is 1. The molecule has 0 spiro atoms. The van der Waals surface area contributed by atoms with Crippen molar-refractivity contribution in [3.05, 3.63) is 34.2 Å². The standard InChI is InChI=1S/C14H21N3O2S/c1-18-11-9-15-8-2-5-13-16-17-14(20-13)7-6-12-4-3-10-19-12/h3-4,10,15H,2,5-9,11H2,1H3. The number of hydrogen-bond donors (Lipinski definition) is 1. The number of rotatable bonds is 10. The summed E-state index contributed by atoms with van der Waals surface area (Å²) in [6, 6.07) is 3.91. The molecule has 2 heterocycles. The van der Waals surface area contributed by atoms with Gasteiger partial charge in [-0.2, -0.15) is 0 Å². The summed E-state index contributed by atoms with van der Waals surface area (Å²) in [4.78, 5) is 0. The van der Waals surface area contributed by atoms with Crippen LogP contribution in [0.1, 0.15) is 22.2 Å². The van der Waals surface area contributed by atoms with Crippen LogP contribution in [0.4, 0.5) is 0 Å². The molecule has 2 aromatic rings. The molecule has 0 aliphatic heterocycles. The van der Waals surface area contributed by atoms with Crippen LogP contribution in [0.3, 0.4) is 0 Å². The molecule has 6 heteroatoms. The van der Waals surface area contributed by atoms with Crippen LogP contribution in [0.25, 0.3) is 0 Å². The Hall–Kier alpha value is -1.24. The highest BCUT2D eigenvalue weighted by atomic mass is 32.1. The van der Waals surface area contributed by atoms with Crippen molar-refractivity contribution in [2.45, 2.75) is 25.7 Å². The van der Waals surface area contributed by atoms with Gasteiger partial charge in [-0.3, -0.25) is 0 Å². The van der Waals surface area contributed by atoms with Gasteiger partial charge in [-0.25, -0.2) is 0 Å². The molecule has 0 aliphatic carbocycles. The first kappa shape index (κ1) is 15.2. The summed E-state index contributed by atoms with van der Waals surface area (Å²) in [6.45, 7) is 2.65. The topological polar surface area (TPSA) is 60.2 Å². The van der Waals surface area contributed by atoms with Crippen molar-refractivity contribution >= 4 is 11.3 Å². The molecular weight excluding hydrogens is 274 g/mol. The summed E-state index contributed by atoms with van der Waals surface area (Å²) in [7, 11) is 1.72. The number of nitrogens with one attached hydrogen (secondary N) is 1. The van der Waals surface area contributed by atoms with Crippen molar-refractivity contribution in [2.75, 3.05) is 26.8 Å². The van der Waals surface area contributed by atoms with Crippen LogP contribution in [0.5, 0.6) is 0 Å². The number of hydrogen-bond acceptors (Lipinski definition) is 6. The highest BCUT2D eigenvalue weighted by molar-refractivity contribution is 7.11. The average Bonchev–Trinajstić information content (AvgIpc) is 3.11. The first-order valence-corrected chi connectivity index (χ1v) is 7.73. The molecule has 1 N–H and O–H groups in total. The quantitative estimate of drug-likeness (QED) is 0.680. The number of furan rings is 1. The first-order valence-electron chi connectivity index (χ1n) is 6.92. The lowest BCUT2D eigenvalue weighted by molar-refractivity contribution is 0.199. The molecule has 0 bridgehead atoms. The molecular formula is C14H21N3O2S. The van der Waals surface area contributed by atoms with Crippen LogP contribution in [0.15, 0.2) is 22.8 Å². The Morgan fingerprint density at radius 3 is 2.80 bits per heavy atom. The van der Waals surface area contributed by atoms with E-state index in [9.17, 15) is 0 Å². The lowest BCUT2D eigenvalue weighted by Crippen LogP contribution is -2.20.